The number of hydrogen-bond acceptors (Lipinski definition) is 4. The molecule has 0 radical (unpaired) electrons. The summed E-state index contributed by atoms with van der Waals surface area (Å²) in [6, 6.07) is 7.62. The van der Waals surface area contributed by atoms with Crippen LogP contribution < -0.4 is 10.5 Å². The molecule has 2 atom stereocenters. The van der Waals surface area contributed by atoms with Crippen LogP contribution in [-0.2, 0) is 4.74 Å². The Hall–Kier alpha value is -1.59. The van der Waals surface area contributed by atoms with Gasteiger partial charge in [0.15, 0.2) is 0 Å². The van der Waals surface area contributed by atoms with Gasteiger partial charge in [0.25, 0.3) is 5.91 Å². The van der Waals surface area contributed by atoms with Crippen LogP contribution in [0.4, 0.5) is 0 Å². The molecule has 24 heavy (non-hydrogen) atoms. The van der Waals surface area contributed by atoms with Gasteiger partial charge in [-0.05, 0) is 36.8 Å². The van der Waals surface area contributed by atoms with Gasteiger partial charge >= 0.3 is 0 Å². The van der Waals surface area contributed by atoms with E-state index in [0.717, 1.165) is 25.9 Å². The molecule has 0 bridgehead atoms. The molecule has 2 unspecified atom stereocenters. The minimum Gasteiger partial charge on any atom is -0.490 e. The van der Waals surface area contributed by atoms with Crippen LogP contribution in [0, 0.1) is 5.41 Å². The number of likely N-dealkylation sites (tertiary alicyclic amines) is 1. The van der Waals surface area contributed by atoms with Crippen molar-refractivity contribution >= 4 is 5.91 Å². The van der Waals surface area contributed by atoms with Crippen molar-refractivity contribution in [2.75, 3.05) is 26.3 Å². The summed E-state index contributed by atoms with van der Waals surface area (Å²) in [7, 11) is 0. The van der Waals surface area contributed by atoms with Crippen LogP contribution in [-0.4, -0.2) is 49.3 Å². The van der Waals surface area contributed by atoms with Crippen molar-refractivity contribution in [2.45, 2.75) is 45.3 Å². The second-order valence-corrected chi connectivity index (χ2v) is 7.55. The summed E-state index contributed by atoms with van der Waals surface area (Å²) < 4.78 is 11.5. The van der Waals surface area contributed by atoms with Crippen molar-refractivity contribution in [3.8, 4) is 5.75 Å². The number of nitrogens with two attached hydrogens (primary N) is 1. The first-order chi connectivity index (χ1) is 11.5. The minimum atomic E-state index is -0.0681. The van der Waals surface area contributed by atoms with Crippen molar-refractivity contribution in [2.24, 2.45) is 11.1 Å². The molecule has 1 aromatic rings. The fourth-order valence-corrected chi connectivity index (χ4v) is 3.45. The van der Waals surface area contributed by atoms with E-state index in [4.69, 9.17) is 15.2 Å². The molecule has 0 aromatic heterocycles. The number of hydrogen-bond donors (Lipinski definition) is 1. The van der Waals surface area contributed by atoms with Crippen LogP contribution in [0.25, 0.3) is 0 Å². The van der Waals surface area contributed by atoms with Crippen LogP contribution in [0.2, 0.25) is 0 Å². The maximum absolute atomic E-state index is 13.0. The number of para-hydroxylation sites is 1. The molecular weight excluding hydrogens is 304 g/mol. The van der Waals surface area contributed by atoms with Gasteiger partial charge in [0.1, 0.15) is 12.4 Å². The van der Waals surface area contributed by atoms with Crippen LogP contribution in [0.1, 0.15) is 43.5 Å². The van der Waals surface area contributed by atoms with E-state index in [1.54, 1.807) is 0 Å². The Balaban J connectivity index is 1.70. The number of rotatable bonds is 4. The van der Waals surface area contributed by atoms with Gasteiger partial charge in [0, 0.05) is 25.7 Å². The average Bonchev–Trinajstić information content (AvgIpc) is 3.08. The van der Waals surface area contributed by atoms with Gasteiger partial charge in [0.05, 0.1) is 11.7 Å². The number of carbonyl (C=O) groups excluding carboxylic acids is 1. The van der Waals surface area contributed by atoms with Crippen LogP contribution in [0.3, 0.4) is 0 Å². The molecule has 5 nitrogen and oxygen atoms in total. The summed E-state index contributed by atoms with van der Waals surface area (Å²) in [5, 5.41) is 0. The quantitative estimate of drug-likeness (QED) is 0.920. The topological polar surface area (TPSA) is 64.8 Å². The Bertz CT molecular complexity index is 582. The molecule has 2 aliphatic heterocycles. The van der Waals surface area contributed by atoms with Gasteiger partial charge in [-0.15, -0.1) is 0 Å². The first-order valence-corrected chi connectivity index (χ1v) is 8.86. The predicted molar refractivity (Wildman–Crippen MR) is 93.2 cm³/mol. The number of nitrogens with zero attached hydrogens (tertiary/aromatic N) is 1. The third-order valence-corrected chi connectivity index (χ3v) is 5.17. The highest BCUT2D eigenvalue weighted by Gasteiger charge is 2.36. The third-order valence-electron chi connectivity index (χ3n) is 5.17. The molecule has 3 rings (SSSR count). The highest BCUT2D eigenvalue weighted by molar-refractivity contribution is 5.97. The van der Waals surface area contributed by atoms with Crippen molar-refractivity contribution < 1.29 is 14.3 Å². The largest absolute Gasteiger partial charge is 0.490 e. The Labute approximate surface area is 144 Å². The molecule has 2 N–H and O–H groups in total. The zero-order valence-corrected chi connectivity index (χ0v) is 14.7. The molecule has 132 valence electrons. The van der Waals surface area contributed by atoms with E-state index < -0.39 is 0 Å². The van der Waals surface area contributed by atoms with Gasteiger partial charge in [-0.3, -0.25) is 4.79 Å². The van der Waals surface area contributed by atoms with Gasteiger partial charge in [0.2, 0.25) is 0 Å². The van der Waals surface area contributed by atoms with E-state index in [1.165, 1.54) is 0 Å². The molecule has 1 aromatic carbocycles. The lowest BCUT2D eigenvalue weighted by atomic mass is 9.79. The summed E-state index contributed by atoms with van der Waals surface area (Å²) in [5.41, 5.74) is 6.74. The SMILES string of the molecule is CC1(C)CN(C(=O)c2ccccc2OCC2CCCO2)CCC1N. The fraction of sp³-hybridized carbons (Fsp3) is 0.632. The molecule has 2 saturated heterocycles. The molecule has 2 aliphatic rings. The lowest BCUT2D eigenvalue weighted by Gasteiger charge is -2.42. The van der Waals surface area contributed by atoms with E-state index in [2.05, 4.69) is 13.8 Å². The Morgan fingerprint density at radius 1 is 1.38 bits per heavy atom. The third kappa shape index (κ3) is 3.73. The zero-order valence-electron chi connectivity index (χ0n) is 14.7. The molecular formula is C19H28N2O3. The van der Waals surface area contributed by atoms with Gasteiger partial charge in [-0.1, -0.05) is 26.0 Å². The normalized spacial score (nSPS) is 26.4. The number of amides is 1. The minimum absolute atomic E-state index is 0.0258. The maximum atomic E-state index is 13.0. The molecule has 2 fully saturated rings. The summed E-state index contributed by atoms with van der Waals surface area (Å²) in [5.74, 6) is 0.670. The van der Waals surface area contributed by atoms with Gasteiger partial charge in [-0.2, -0.15) is 0 Å². The zero-order chi connectivity index (χ0) is 17.2. The van der Waals surface area contributed by atoms with E-state index >= 15 is 0 Å². The second-order valence-electron chi connectivity index (χ2n) is 7.55. The lowest BCUT2D eigenvalue weighted by Crippen LogP contribution is -2.54. The lowest BCUT2D eigenvalue weighted by molar-refractivity contribution is 0.0514. The van der Waals surface area contributed by atoms with Crippen LogP contribution in [0.15, 0.2) is 24.3 Å². The van der Waals surface area contributed by atoms with E-state index in [-0.39, 0.29) is 23.5 Å². The van der Waals surface area contributed by atoms with Crippen LogP contribution in [0.5, 0.6) is 5.75 Å². The predicted octanol–water partition coefficient (Wildman–Crippen LogP) is 2.44. The first-order valence-electron chi connectivity index (χ1n) is 8.86. The molecule has 0 aliphatic carbocycles. The number of ether oxygens (including phenoxy) is 2. The number of benzene rings is 1. The second kappa shape index (κ2) is 7.11. The molecule has 0 saturated carbocycles. The van der Waals surface area contributed by atoms with Crippen LogP contribution >= 0.6 is 0 Å². The Morgan fingerprint density at radius 2 is 2.17 bits per heavy atom. The fourth-order valence-electron chi connectivity index (χ4n) is 3.45. The Morgan fingerprint density at radius 3 is 2.88 bits per heavy atom. The molecule has 5 heteroatoms. The van der Waals surface area contributed by atoms with Crippen molar-refractivity contribution in [3.63, 3.8) is 0 Å². The maximum Gasteiger partial charge on any atom is 0.257 e. The van der Waals surface area contributed by atoms with E-state index in [9.17, 15) is 4.79 Å². The first kappa shape index (κ1) is 17.2. The average molecular weight is 332 g/mol. The van der Waals surface area contributed by atoms with E-state index in [0.29, 0.717) is 31.0 Å². The molecule has 2 heterocycles. The Kier molecular flexibility index (Phi) is 5.11. The van der Waals surface area contributed by atoms with Crippen molar-refractivity contribution in [1.82, 2.24) is 4.90 Å². The van der Waals surface area contributed by atoms with Crippen molar-refractivity contribution in [3.05, 3.63) is 29.8 Å². The van der Waals surface area contributed by atoms with E-state index in [1.807, 2.05) is 29.2 Å². The summed E-state index contributed by atoms with van der Waals surface area (Å²) in [6.45, 7) is 6.92. The highest BCUT2D eigenvalue weighted by Crippen LogP contribution is 2.30. The molecule has 1 amide bonds. The smallest absolute Gasteiger partial charge is 0.257 e. The number of piperidine rings is 1. The standard InChI is InChI=1S/C19H28N2O3/c1-19(2)13-21(10-9-17(19)20)18(22)15-7-3-4-8-16(15)24-12-14-6-5-11-23-14/h3-4,7-8,14,17H,5-6,9-13,20H2,1-2H3. The van der Waals surface area contributed by atoms with Crippen molar-refractivity contribution in [1.29, 1.82) is 0 Å². The molecule has 0 spiro atoms. The number of carbonyl (C=O) groups is 1. The summed E-state index contributed by atoms with van der Waals surface area (Å²) in [4.78, 5) is 14.9. The monoisotopic (exact) mass is 332 g/mol. The summed E-state index contributed by atoms with van der Waals surface area (Å²) in [6.07, 6.45) is 3.07. The summed E-state index contributed by atoms with van der Waals surface area (Å²) >= 11 is 0. The van der Waals surface area contributed by atoms with Gasteiger partial charge in [-0.25, -0.2) is 0 Å². The highest BCUT2D eigenvalue weighted by atomic mass is 16.5. The van der Waals surface area contributed by atoms with Gasteiger partial charge < -0.3 is 20.1 Å².